The minimum absolute atomic E-state index is 0.0165. The number of benzene rings is 2. The number of Topliss-reactive ketones (excluding diaryl/α,β-unsaturated/α-hetero) is 1. The normalized spacial score (nSPS) is 28.0. The Morgan fingerprint density at radius 3 is 2.19 bits per heavy atom. The standard InChI is InChI=1S/C20H19NO4S/c1-14-8-10-16(11-9-14)26(24,25)21-13-19(2)12-20(19,17(22)18(21)23)15-6-4-3-5-7-15/h3-11H,12-13H2,1-2H3/t19-,20-/m0/s1. The monoisotopic (exact) mass is 369 g/mol. The third kappa shape index (κ3) is 2.11. The third-order valence-electron chi connectivity index (χ3n) is 5.74. The zero-order chi connectivity index (χ0) is 18.7. The van der Waals surface area contributed by atoms with Crippen molar-refractivity contribution in [1.29, 1.82) is 0 Å². The fourth-order valence-corrected chi connectivity index (χ4v) is 5.60. The minimum atomic E-state index is -4.05. The van der Waals surface area contributed by atoms with Crippen molar-refractivity contribution in [3.05, 3.63) is 65.7 Å². The molecule has 0 spiro atoms. The van der Waals surface area contributed by atoms with Gasteiger partial charge in [-0.25, -0.2) is 12.7 Å². The van der Waals surface area contributed by atoms with Crippen LogP contribution in [0, 0.1) is 12.3 Å². The summed E-state index contributed by atoms with van der Waals surface area (Å²) in [7, 11) is -4.05. The quantitative estimate of drug-likeness (QED) is 0.779. The number of amides is 1. The maximum atomic E-state index is 13.0. The van der Waals surface area contributed by atoms with Crippen molar-refractivity contribution < 1.29 is 18.0 Å². The number of carbonyl (C=O) groups excluding carboxylic acids is 2. The molecule has 0 aromatic heterocycles. The number of rotatable bonds is 3. The first kappa shape index (κ1) is 17.0. The van der Waals surface area contributed by atoms with Crippen LogP contribution in [0.4, 0.5) is 0 Å². The van der Waals surface area contributed by atoms with Gasteiger partial charge in [-0.1, -0.05) is 55.0 Å². The van der Waals surface area contributed by atoms with Crippen molar-refractivity contribution >= 4 is 21.7 Å². The van der Waals surface area contributed by atoms with E-state index in [4.69, 9.17) is 0 Å². The lowest BCUT2D eigenvalue weighted by molar-refractivity contribution is -0.146. The molecule has 1 heterocycles. The highest BCUT2D eigenvalue weighted by Crippen LogP contribution is 2.67. The van der Waals surface area contributed by atoms with Gasteiger partial charge in [-0.3, -0.25) is 9.59 Å². The molecule has 1 aliphatic carbocycles. The molecule has 2 fully saturated rings. The van der Waals surface area contributed by atoms with Crippen molar-refractivity contribution in [1.82, 2.24) is 4.31 Å². The number of sulfonamides is 1. The minimum Gasteiger partial charge on any atom is -0.288 e. The summed E-state index contributed by atoms with van der Waals surface area (Å²) >= 11 is 0. The first-order chi connectivity index (χ1) is 12.2. The molecule has 1 aliphatic heterocycles. The van der Waals surface area contributed by atoms with Gasteiger partial charge in [0.25, 0.3) is 10.0 Å². The molecule has 6 heteroatoms. The lowest BCUT2D eigenvalue weighted by atomic mass is 9.80. The van der Waals surface area contributed by atoms with Crippen LogP contribution in [0.2, 0.25) is 0 Å². The van der Waals surface area contributed by atoms with Gasteiger partial charge in [0.2, 0.25) is 5.78 Å². The number of carbonyl (C=O) groups is 2. The van der Waals surface area contributed by atoms with E-state index in [0.717, 1.165) is 15.4 Å². The van der Waals surface area contributed by atoms with E-state index in [1.54, 1.807) is 12.1 Å². The molecule has 2 aliphatic rings. The molecule has 0 N–H and O–H groups in total. The summed E-state index contributed by atoms with van der Waals surface area (Å²) in [4.78, 5) is 25.8. The van der Waals surface area contributed by atoms with E-state index >= 15 is 0 Å². The van der Waals surface area contributed by atoms with Crippen LogP contribution in [0.3, 0.4) is 0 Å². The highest BCUT2D eigenvalue weighted by atomic mass is 32.2. The van der Waals surface area contributed by atoms with E-state index in [-0.39, 0.29) is 11.4 Å². The Hall–Kier alpha value is -2.47. The molecule has 0 bridgehead atoms. The van der Waals surface area contributed by atoms with Crippen LogP contribution in [-0.4, -0.2) is 31.0 Å². The number of fused-ring (bicyclic) bond motifs is 1. The number of aryl methyl sites for hydroxylation is 1. The SMILES string of the molecule is Cc1ccc(S(=O)(=O)N2C[C@]3(C)C[C@]3(c3ccccc3)C(=O)C2=O)cc1. The average Bonchev–Trinajstić information content (AvgIpc) is 3.27. The molecule has 5 nitrogen and oxygen atoms in total. The Morgan fingerprint density at radius 1 is 0.962 bits per heavy atom. The fourth-order valence-electron chi connectivity index (χ4n) is 4.11. The maximum Gasteiger partial charge on any atom is 0.304 e. The average molecular weight is 369 g/mol. The fraction of sp³-hybridized carbons (Fsp3) is 0.300. The molecule has 1 saturated carbocycles. The number of hydrogen-bond donors (Lipinski definition) is 0. The summed E-state index contributed by atoms with van der Waals surface area (Å²) in [5, 5.41) is 0. The van der Waals surface area contributed by atoms with E-state index < -0.39 is 32.5 Å². The zero-order valence-electron chi connectivity index (χ0n) is 14.6. The van der Waals surface area contributed by atoms with Crippen molar-refractivity contribution in [2.24, 2.45) is 5.41 Å². The van der Waals surface area contributed by atoms with Gasteiger partial charge in [-0.05, 0) is 31.0 Å². The van der Waals surface area contributed by atoms with E-state index in [9.17, 15) is 18.0 Å². The predicted molar refractivity (Wildman–Crippen MR) is 95.9 cm³/mol. The van der Waals surface area contributed by atoms with Crippen LogP contribution in [0.15, 0.2) is 59.5 Å². The number of hydrogen-bond acceptors (Lipinski definition) is 4. The molecular formula is C20H19NO4S. The van der Waals surface area contributed by atoms with E-state index in [2.05, 4.69) is 0 Å². The molecule has 0 radical (unpaired) electrons. The molecule has 26 heavy (non-hydrogen) atoms. The highest BCUT2D eigenvalue weighted by molar-refractivity contribution is 7.89. The van der Waals surface area contributed by atoms with Crippen molar-refractivity contribution in [2.75, 3.05) is 6.54 Å². The molecule has 0 unspecified atom stereocenters. The Labute approximate surface area is 152 Å². The van der Waals surface area contributed by atoms with Crippen LogP contribution in [0.25, 0.3) is 0 Å². The van der Waals surface area contributed by atoms with Crippen LogP contribution in [-0.2, 0) is 25.0 Å². The summed E-state index contributed by atoms with van der Waals surface area (Å²) in [6, 6.07) is 15.5. The molecule has 134 valence electrons. The van der Waals surface area contributed by atoms with Gasteiger partial charge >= 0.3 is 5.91 Å². The van der Waals surface area contributed by atoms with E-state index in [0.29, 0.717) is 6.42 Å². The Kier molecular flexibility index (Phi) is 3.44. The largest absolute Gasteiger partial charge is 0.304 e. The van der Waals surface area contributed by atoms with Gasteiger partial charge in [0.1, 0.15) is 0 Å². The smallest absolute Gasteiger partial charge is 0.288 e. The van der Waals surface area contributed by atoms with Gasteiger partial charge < -0.3 is 0 Å². The zero-order valence-corrected chi connectivity index (χ0v) is 15.4. The Balaban J connectivity index is 1.75. The van der Waals surface area contributed by atoms with Gasteiger partial charge in [0.15, 0.2) is 0 Å². The first-order valence-corrected chi connectivity index (χ1v) is 9.90. The Bertz CT molecular complexity index is 1010. The second-order valence-electron chi connectivity index (χ2n) is 7.47. The lowest BCUT2D eigenvalue weighted by Gasteiger charge is -2.34. The molecule has 2 atom stereocenters. The number of nitrogens with zero attached hydrogens (tertiary/aromatic N) is 1. The predicted octanol–water partition coefficient (Wildman–Crippen LogP) is 2.44. The van der Waals surface area contributed by atoms with Crippen LogP contribution >= 0.6 is 0 Å². The molecule has 2 aromatic rings. The molecule has 1 amide bonds. The topological polar surface area (TPSA) is 71.5 Å². The summed E-state index contributed by atoms with van der Waals surface area (Å²) < 4.78 is 26.7. The van der Waals surface area contributed by atoms with Gasteiger partial charge in [-0.15, -0.1) is 0 Å². The maximum absolute atomic E-state index is 13.0. The number of ketones is 1. The van der Waals surface area contributed by atoms with Gasteiger partial charge in [-0.2, -0.15) is 0 Å². The summed E-state index contributed by atoms with van der Waals surface area (Å²) in [5.74, 6) is -1.57. The summed E-state index contributed by atoms with van der Waals surface area (Å²) in [5.41, 5.74) is 0.234. The van der Waals surface area contributed by atoms with Crippen LogP contribution < -0.4 is 0 Å². The molecule has 2 aromatic carbocycles. The lowest BCUT2D eigenvalue weighted by Crippen LogP contribution is -2.53. The third-order valence-corrected chi connectivity index (χ3v) is 7.48. The molecule has 4 rings (SSSR count). The summed E-state index contributed by atoms with van der Waals surface area (Å²) in [6.07, 6.45) is 0.481. The molecule has 1 saturated heterocycles. The van der Waals surface area contributed by atoms with E-state index in [1.807, 2.05) is 44.2 Å². The highest BCUT2D eigenvalue weighted by Gasteiger charge is 2.75. The van der Waals surface area contributed by atoms with Gasteiger partial charge in [0.05, 0.1) is 10.3 Å². The van der Waals surface area contributed by atoms with Crippen LogP contribution in [0.1, 0.15) is 24.5 Å². The molecular weight excluding hydrogens is 350 g/mol. The van der Waals surface area contributed by atoms with Crippen molar-refractivity contribution in [3.8, 4) is 0 Å². The van der Waals surface area contributed by atoms with Crippen molar-refractivity contribution in [3.63, 3.8) is 0 Å². The second kappa shape index (κ2) is 5.27. The Morgan fingerprint density at radius 2 is 1.58 bits per heavy atom. The second-order valence-corrected chi connectivity index (χ2v) is 9.33. The van der Waals surface area contributed by atoms with Gasteiger partial charge in [0, 0.05) is 12.0 Å². The van der Waals surface area contributed by atoms with Crippen molar-refractivity contribution in [2.45, 2.75) is 30.6 Å². The number of piperidine rings is 1. The van der Waals surface area contributed by atoms with E-state index in [1.165, 1.54) is 12.1 Å². The first-order valence-electron chi connectivity index (χ1n) is 8.46. The van der Waals surface area contributed by atoms with Crippen LogP contribution in [0.5, 0.6) is 0 Å². The summed E-state index contributed by atoms with van der Waals surface area (Å²) in [6.45, 7) is 3.75.